The van der Waals surface area contributed by atoms with Gasteiger partial charge in [-0.3, -0.25) is 0 Å². The van der Waals surface area contributed by atoms with E-state index < -0.39 is 11.7 Å². The average molecular weight is 290 g/mol. The molecule has 0 saturated carbocycles. The molecule has 0 aliphatic carbocycles. The molecule has 0 aliphatic rings. The Balaban J connectivity index is 2.22. The smallest absolute Gasteiger partial charge is 0.399 e. The molecule has 0 amide bonds. The predicted molar refractivity (Wildman–Crippen MR) is 67.5 cm³/mol. The van der Waals surface area contributed by atoms with Crippen LogP contribution in [0.4, 0.5) is 18.9 Å². The van der Waals surface area contributed by atoms with Gasteiger partial charge < -0.3 is 5.73 Å². The van der Waals surface area contributed by atoms with Crippen molar-refractivity contribution in [3.8, 4) is 0 Å². The van der Waals surface area contributed by atoms with E-state index in [4.69, 9.17) is 5.73 Å². The van der Waals surface area contributed by atoms with Crippen LogP contribution in [0.15, 0.2) is 34.1 Å². The van der Waals surface area contributed by atoms with Crippen LogP contribution in [0, 0.1) is 0 Å². The van der Waals surface area contributed by atoms with E-state index in [0.29, 0.717) is 0 Å². The number of halogens is 3. The highest BCUT2D eigenvalue weighted by molar-refractivity contribution is 8.00. The summed E-state index contributed by atoms with van der Waals surface area (Å²) in [5.41, 5.74) is 5.06. The summed E-state index contributed by atoms with van der Waals surface area (Å²) in [6.07, 6.45) is -2.76. The van der Waals surface area contributed by atoms with Gasteiger partial charge in [0.25, 0.3) is 0 Å². The van der Waals surface area contributed by atoms with Gasteiger partial charge in [-0.05, 0) is 17.7 Å². The third-order valence-electron chi connectivity index (χ3n) is 2.20. The molecule has 96 valence electrons. The monoisotopic (exact) mass is 290 g/mol. The van der Waals surface area contributed by atoms with Gasteiger partial charge in [0, 0.05) is 23.0 Å². The van der Waals surface area contributed by atoms with Crippen LogP contribution in [0.1, 0.15) is 11.1 Å². The van der Waals surface area contributed by atoms with Crippen LogP contribution in [-0.4, -0.2) is 4.98 Å². The normalized spacial score (nSPS) is 11.7. The fourth-order valence-electron chi connectivity index (χ4n) is 1.40. The van der Waals surface area contributed by atoms with Crippen molar-refractivity contribution in [2.45, 2.75) is 16.3 Å². The Kier molecular flexibility index (Phi) is 3.82. The van der Waals surface area contributed by atoms with Gasteiger partial charge in [-0.25, -0.2) is 4.98 Å². The Morgan fingerprint density at radius 1 is 1.33 bits per heavy atom. The van der Waals surface area contributed by atoms with Gasteiger partial charge in [-0.15, -0.1) is 11.3 Å². The molecule has 0 aliphatic heterocycles. The molecule has 2 nitrogen and oxygen atoms in total. The molecule has 7 heteroatoms. The molecular formula is C11H9F3N2S2. The van der Waals surface area contributed by atoms with E-state index in [1.54, 1.807) is 11.6 Å². The van der Waals surface area contributed by atoms with E-state index >= 15 is 0 Å². The minimum Gasteiger partial charge on any atom is -0.399 e. The molecular weight excluding hydrogens is 281 g/mol. The molecule has 0 saturated heterocycles. The van der Waals surface area contributed by atoms with Crippen molar-refractivity contribution in [1.29, 1.82) is 0 Å². The van der Waals surface area contributed by atoms with Gasteiger partial charge in [0.05, 0.1) is 5.56 Å². The molecule has 2 rings (SSSR count). The summed E-state index contributed by atoms with van der Waals surface area (Å²) < 4.78 is 39.2. The second-order valence-electron chi connectivity index (χ2n) is 3.50. The van der Waals surface area contributed by atoms with Crippen LogP contribution < -0.4 is 5.73 Å². The molecule has 0 atom stereocenters. The van der Waals surface area contributed by atoms with E-state index in [9.17, 15) is 13.2 Å². The lowest BCUT2D eigenvalue weighted by atomic mass is 10.1. The molecule has 2 N–H and O–H groups in total. The van der Waals surface area contributed by atoms with Crippen LogP contribution in [0.2, 0.25) is 0 Å². The fraction of sp³-hybridized carbons (Fsp3) is 0.182. The lowest BCUT2D eigenvalue weighted by Gasteiger charge is -2.12. The summed E-state index contributed by atoms with van der Waals surface area (Å²) in [5.74, 6) is 0.225. The Bertz CT molecular complexity index is 524. The number of hydrogen-bond acceptors (Lipinski definition) is 4. The Morgan fingerprint density at radius 3 is 2.72 bits per heavy atom. The number of thioether (sulfide) groups is 1. The first-order valence-corrected chi connectivity index (χ1v) is 6.81. The molecule has 0 bridgehead atoms. The van der Waals surface area contributed by atoms with Gasteiger partial charge in [0.2, 0.25) is 0 Å². The molecule has 1 aromatic heterocycles. The number of alkyl halides is 3. The van der Waals surface area contributed by atoms with Crippen LogP contribution >= 0.6 is 23.1 Å². The highest BCUT2D eigenvalue weighted by Crippen LogP contribution is 2.36. The molecule has 0 radical (unpaired) electrons. The summed E-state index contributed by atoms with van der Waals surface area (Å²) in [7, 11) is 0. The van der Waals surface area contributed by atoms with Gasteiger partial charge in [-0.2, -0.15) is 13.2 Å². The van der Waals surface area contributed by atoms with Gasteiger partial charge >= 0.3 is 6.18 Å². The lowest BCUT2D eigenvalue weighted by molar-refractivity contribution is -0.138. The van der Waals surface area contributed by atoms with E-state index in [1.807, 2.05) is 0 Å². The minimum absolute atomic E-state index is 0.116. The van der Waals surface area contributed by atoms with E-state index in [1.165, 1.54) is 35.2 Å². The van der Waals surface area contributed by atoms with E-state index in [2.05, 4.69) is 4.98 Å². The van der Waals surface area contributed by atoms with Crippen LogP contribution in [0.5, 0.6) is 0 Å². The Hall–Kier alpha value is -1.21. The highest BCUT2D eigenvalue weighted by atomic mass is 32.2. The summed E-state index contributed by atoms with van der Waals surface area (Å²) in [6.45, 7) is 0. The molecule has 18 heavy (non-hydrogen) atoms. The van der Waals surface area contributed by atoms with Crippen molar-refractivity contribution in [1.82, 2.24) is 4.98 Å². The largest absolute Gasteiger partial charge is 0.416 e. The SMILES string of the molecule is Nc1ccc(CSc2nccs2)c(C(F)(F)F)c1. The van der Waals surface area contributed by atoms with Crippen molar-refractivity contribution in [3.05, 3.63) is 40.9 Å². The van der Waals surface area contributed by atoms with Crippen LogP contribution in [0.25, 0.3) is 0 Å². The van der Waals surface area contributed by atoms with Crippen molar-refractivity contribution >= 4 is 28.8 Å². The van der Waals surface area contributed by atoms with Gasteiger partial charge in [0.15, 0.2) is 0 Å². The van der Waals surface area contributed by atoms with Crippen molar-refractivity contribution in [3.63, 3.8) is 0 Å². The number of hydrogen-bond donors (Lipinski definition) is 1. The molecule has 0 fully saturated rings. The van der Waals surface area contributed by atoms with E-state index in [-0.39, 0.29) is 17.0 Å². The molecule has 0 unspecified atom stereocenters. The Labute approximate surface area is 110 Å². The van der Waals surface area contributed by atoms with Crippen molar-refractivity contribution in [2.24, 2.45) is 0 Å². The number of thiazole rings is 1. The maximum atomic E-state index is 12.8. The number of rotatable bonds is 3. The molecule has 2 aromatic rings. The third kappa shape index (κ3) is 3.17. The number of anilines is 1. The lowest BCUT2D eigenvalue weighted by Crippen LogP contribution is -2.09. The first-order chi connectivity index (χ1) is 8.47. The van der Waals surface area contributed by atoms with Crippen LogP contribution in [0.3, 0.4) is 0 Å². The minimum atomic E-state index is -4.38. The summed E-state index contributed by atoms with van der Waals surface area (Å²) in [6, 6.07) is 3.86. The first kappa shape index (κ1) is 13.2. The summed E-state index contributed by atoms with van der Waals surface area (Å²) >= 11 is 2.69. The standard InChI is InChI=1S/C11H9F3N2S2/c12-11(13,14)9-5-8(15)2-1-7(9)6-18-10-16-3-4-17-10/h1-5H,6,15H2. The Morgan fingerprint density at radius 2 is 2.11 bits per heavy atom. The zero-order valence-corrected chi connectivity index (χ0v) is 10.7. The van der Waals surface area contributed by atoms with E-state index in [0.717, 1.165) is 10.4 Å². The third-order valence-corrected chi connectivity index (χ3v) is 4.21. The number of aromatic nitrogens is 1. The molecule has 1 aromatic carbocycles. The number of benzene rings is 1. The zero-order valence-electron chi connectivity index (χ0n) is 9.07. The summed E-state index contributed by atoms with van der Waals surface area (Å²) in [5, 5.41) is 1.79. The van der Waals surface area contributed by atoms with Crippen LogP contribution in [-0.2, 0) is 11.9 Å². The average Bonchev–Trinajstić information content (AvgIpc) is 2.79. The quantitative estimate of drug-likeness (QED) is 0.685. The fourth-order valence-corrected chi connectivity index (χ4v) is 3.05. The second kappa shape index (κ2) is 5.19. The number of nitrogen functional groups attached to an aromatic ring is 1. The predicted octanol–water partition coefficient (Wildman–Crippen LogP) is 4.04. The highest BCUT2D eigenvalue weighted by Gasteiger charge is 2.33. The van der Waals surface area contributed by atoms with Gasteiger partial charge in [-0.1, -0.05) is 17.8 Å². The number of nitrogens with two attached hydrogens (primary N) is 1. The topological polar surface area (TPSA) is 38.9 Å². The van der Waals surface area contributed by atoms with Crippen molar-refractivity contribution < 1.29 is 13.2 Å². The summed E-state index contributed by atoms with van der Waals surface area (Å²) in [4.78, 5) is 4.02. The molecule has 0 spiro atoms. The molecule has 1 heterocycles. The number of nitrogens with zero attached hydrogens (tertiary/aromatic N) is 1. The maximum Gasteiger partial charge on any atom is 0.416 e. The zero-order chi connectivity index (χ0) is 13.2. The van der Waals surface area contributed by atoms with Crippen molar-refractivity contribution in [2.75, 3.05) is 5.73 Å². The first-order valence-electron chi connectivity index (χ1n) is 4.94. The maximum absolute atomic E-state index is 12.8. The van der Waals surface area contributed by atoms with Gasteiger partial charge in [0.1, 0.15) is 4.34 Å². The second-order valence-corrected chi connectivity index (χ2v) is 5.62.